The van der Waals surface area contributed by atoms with Crippen molar-refractivity contribution in [2.75, 3.05) is 17.6 Å². The minimum Gasteiger partial charge on any atom is -0.452 e. The minimum absolute atomic E-state index is 0.169. The standard InChI is InChI=1S/C8H10FN3O4S/c1-16-8(13)12-17(14,15)11-7-4-5(10)2-3-6(7)9/h2-4,11H,10H2,1H3,(H,12,13). The number of halogens is 1. The maximum Gasteiger partial charge on any atom is 0.422 e. The van der Waals surface area contributed by atoms with Crippen LogP contribution in [-0.4, -0.2) is 21.6 Å². The molecule has 0 fully saturated rings. The molecule has 1 aromatic rings. The predicted octanol–water partition coefficient (Wildman–Crippen LogP) is 0.421. The molecule has 0 radical (unpaired) electrons. The Hall–Kier alpha value is -2.03. The molecule has 0 saturated heterocycles. The second-order valence-electron chi connectivity index (χ2n) is 2.94. The van der Waals surface area contributed by atoms with Crippen molar-refractivity contribution in [1.82, 2.24) is 4.72 Å². The topological polar surface area (TPSA) is 111 Å². The summed E-state index contributed by atoms with van der Waals surface area (Å²) >= 11 is 0. The molecule has 0 spiro atoms. The van der Waals surface area contributed by atoms with Crippen LogP contribution < -0.4 is 15.2 Å². The monoisotopic (exact) mass is 263 g/mol. The van der Waals surface area contributed by atoms with E-state index in [-0.39, 0.29) is 11.4 Å². The van der Waals surface area contributed by atoms with Gasteiger partial charge in [0.1, 0.15) is 5.82 Å². The number of nitrogen functional groups attached to an aromatic ring is 1. The van der Waals surface area contributed by atoms with Crippen molar-refractivity contribution in [2.45, 2.75) is 0 Å². The van der Waals surface area contributed by atoms with E-state index in [4.69, 9.17) is 5.73 Å². The molecule has 17 heavy (non-hydrogen) atoms. The summed E-state index contributed by atoms with van der Waals surface area (Å²) in [6.07, 6.45) is -1.19. The van der Waals surface area contributed by atoms with E-state index in [0.29, 0.717) is 0 Å². The predicted molar refractivity (Wildman–Crippen MR) is 58.9 cm³/mol. The van der Waals surface area contributed by atoms with Crippen LogP contribution in [0.15, 0.2) is 18.2 Å². The summed E-state index contributed by atoms with van der Waals surface area (Å²) in [5, 5.41) is 0. The summed E-state index contributed by atoms with van der Waals surface area (Å²) in [5.74, 6) is -0.825. The highest BCUT2D eigenvalue weighted by atomic mass is 32.2. The molecular formula is C8H10FN3O4S. The Labute approximate surface area is 96.9 Å². The maximum absolute atomic E-state index is 13.2. The number of methoxy groups -OCH3 is 1. The van der Waals surface area contributed by atoms with Crippen LogP contribution >= 0.6 is 0 Å². The van der Waals surface area contributed by atoms with Crippen molar-refractivity contribution >= 4 is 27.7 Å². The van der Waals surface area contributed by atoms with Crippen molar-refractivity contribution < 1.29 is 22.3 Å². The van der Waals surface area contributed by atoms with Crippen molar-refractivity contribution in [1.29, 1.82) is 0 Å². The van der Waals surface area contributed by atoms with Gasteiger partial charge in [-0.15, -0.1) is 0 Å². The molecule has 0 unspecified atom stereocenters. The summed E-state index contributed by atoms with van der Waals surface area (Å²) in [5.41, 5.74) is 5.16. The second-order valence-corrected chi connectivity index (χ2v) is 4.35. The Balaban J connectivity index is 2.90. The number of hydrogen-bond acceptors (Lipinski definition) is 5. The number of carbonyl (C=O) groups excluding carboxylic acids is 1. The lowest BCUT2D eigenvalue weighted by molar-refractivity contribution is 0.177. The highest BCUT2D eigenvalue weighted by Gasteiger charge is 2.16. The Morgan fingerprint density at radius 1 is 1.47 bits per heavy atom. The Morgan fingerprint density at radius 2 is 2.12 bits per heavy atom. The van der Waals surface area contributed by atoms with E-state index in [0.717, 1.165) is 19.2 Å². The Morgan fingerprint density at radius 3 is 2.71 bits per heavy atom. The fourth-order valence-electron chi connectivity index (χ4n) is 0.943. The van der Waals surface area contributed by atoms with Gasteiger partial charge >= 0.3 is 16.3 Å². The highest BCUT2D eigenvalue weighted by molar-refractivity contribution is 7.91. The summed E-state index contributed by atoms with van der Waals surface area (Å²) < 4.78 is 43.2. The van der Waals surface area contributed by atoms with Gasteiger partial charge in [-0.3, -0.25) is 4.72 Å². The minimum atomic E-state index is -4.26. The first kappa shape index (κ1) is 13.0. The van der Waals surface area contributed by atoms with Crippen LogP contribution in [0.2, 0.25) is 0 Å². The molecule has 4 N–H and O–H groups in total. The Kier molecular flexibility index (Phi) is 3.73. The fourth-order valence-corrected chi connectivity index (χ4v) is 1.74. The zero-order chi connectivity index (χ0) is 13.1. The smallest absolute Gasteiger partial charge is 0.422 e. The number of amides is 1. The lowest BCUT2D eigenvalue weighted by Gasteiger charge is -2.09. The van der Waals surface area contributed by atoms with E-state index in [1.54, 1.807) is 4.72 Å². The second kappa shape index (κ2) is 4.87. The number of ether oxygens (including phenoxy) is 1. The molecule has 0 heterocycles. The van der Waals surface area contributed by atoms with Gasteiger partial charge in [0.05, 0.1) is 12.8 Å². The molecule has 0 atom stereocenters. The van der Waals surface area contributed by atoms with Gasteiger partial charge in [0, 0.05) is 5.69 Å². The number of anilines is 2. The first-order valence-corrected chi connectivity index (χ1v) is 5.76. The largest absolute Gasteiger partial charge is 0.452 e. The highest BCUT2D eigenvalue weighted by Crippen LogP contribution is 2.18. The maximum atomic E-state index is 13.2. The fraction of sp³-hybridized carbons (Fsp3) is 0.125. The SMILES string of the molecule is COC(=O)NS(=O)(=O)Nc1cc(N)ccc1F. The van der Waals surface area contributed by atoms with E-state index in [9.17, 15) is 17.6 Å². The third-order valence-electron chi connectivity index (χ3n) is 1.64. The molecule has 0 aliphatic carbocycles. The summed E-state index contributed by atoms with van der Waals surface area (Å²) in [4.78, 5) is 10.7. The molecule has 0 bridgehead atoms. The van der Waals surface area contributed by atoms with E-state index >= 15 is 0 Å². The van der Waals surface area contributed by atoms with Crippen LogP contribution in [0.3, 0.4) is 0 Å². The van der Waals surface area contributed by atoms with Gasteiger partial charge in [-0.2, -0.15) is 8.42 Å². The van der Waals surface area contributed by atoms with E-state index in [2.05, 4.69) is 4.74 Å². The van der Waals surface area contributed by atoms with Gasteiger partial charge in [0.15, 0.2) is 0 Å². The van der Waals surface area contributed by atoms with Gasteiger partial charge in [0.2, 0.25) is 0 Å². The van der Waals surface area contributed by atoms with Crippen LogP contribution in [0.5, 0.6) is 0 Å². The van der Waals surface area contributed by atoms with Crippen LogP contribution in [0.1, 0.15) is 0 Å². The molecule has 9 heteroatoms. The lowest BCUT2D eigenvalue weighted by Crippen LogP contribution is -2.35. The number of nitrogens with one attached hydrogen (secondary N) is 2. The quantitative estimate of drug-likeness (QED) is 0.684. The van der Waals surface area contributed by atoms with Crippen molar-refractivity contribution in [3.05, 3.63) is 24.0 Å². The third-order valence-corrected chi connectivity index (χ3v) is 2.56. The third kappa shape index (κ3) is 3.79. The van der Waals surface area contributed by atoms with E-state index < -0.39 is 22.1 Å². The van der Waals surface area contributed by atoms with Gasteiger partial charge in [0.25, 0.3) is 0 Å². The molecule has 0 aliphatic rings. The van der Waals surface area contributed by atoms with Crippen LogP contribution in [0.4, 0.5) is 20.6 Å². The van der Waals surface area contributed by atoms with E-state index in [1.807, 2.05) is 0 Å². The molecule has 0 saturated carbocycles. The number of benzene rings is 1. The normalized spacial score (nSPS) is 10.7. The van der Waals surface area contributed by atoms with Crippen molar-refractivity contribution in [3.63, 3.8) is 0 Å². The average Bonchev–Trinajstić information content (AvgIpc) is 2.22. The molecule has 0 aliphatic heterocycles. The average molecular weight is 263 g/mol. The summed E-state index contributed by atoms with van der Waals surface area (Å²) in [6, 6.07) is 3.33. The van der Waals surface area contributed by atoms with E-state index in [1.165, 1.54) is 10.8 Å². The molecular weight excluding hydrogens is 253 g/mol. The molecule has 1 amide bonds. The summed E-state index contributed by atoms with van der Waals surface area (Å²) in [6.45, 7) is 0. The van der Waals surface area contributed by atoms with Gasteiger partial charge in [-0.05, 0) is 18.2 Å². The number of rotatable bonds is 3. The van der Waals surface area contributed by atoms with Gasteiger partial charge in [-0.1, -0.05) is 0 Å². The van der Waals surface area contributed by atoms with Crippen molar-refractivity contribution in [3.8, 4) is 0 Å². The van der Waals surface area contributed by atoms with Gasteiger partial charge in [-0.25, -0.2) is 13.9 Å². The summed E-state index contributed by atoms with van der Waals surface area (Å²) in [7, 11) is -3.26. The Bertz CT molecular complexity index is 532. The first-order valence-electron chi connectivity index (χ1n) is 4.27. The van der Waals surface area contributed by atoms with Gasteiger partial charge < -0.3 is 10.5 Å². The number of nitrogens with two attached hydrogens (primary N) is 1. The molecule has 1 rings (SSSR count). The lowest BCUT2D eigenvalue weighted by atomic mass is 10.3. The van der Waals surface area contributed by atoms with Crippen LogP contribution in [0.25, 0.3) is 0 Å². The van der Waals surface area contributed by atoms with Crippen molar-refractivity contribution in [2.24, 2.45) is 0 Å². The molecule has 1 aromatic carbocycles. The zero-order valence-corrected chi connectivity index (χ0v) is 9.55. The molecule has 0 aromatic heterocycles. The van der Waals surface area contributed by atoms with Crippen LogP contribution in [-0.2, 0) is 14.9 Å². The molecule has 7 nitrogen and oxygen atoms in total. The number of carbonyl (C=O) groups is 1. The van der Waals surface area contributed by atoms with Crippen LogP contribution in [0, 0.1) is 5.82 Å². The zero-order valence-electron chi connectivity index (χ0n) is 8.73. The molecule has 94 valence electrons. The first-order chi connectivity index (χ1) is 7.84. The number of hydrogen-bond donors (Lipinski definition) is 3.